The molecule has 0 N–H and O–H groups in total. The Balaban J connectivity index is 1.18. The van der Waals surface area contributed by atoms with Crippen LogP contribution >= 0.6 is 0 Å². The summed E-state index contributed by atoms with van der Waals surface area (Å²) >= 11 is 0. The van der Waals surface area contributed by atoms with Crippen LogP contribution in [0, 0.1) is 0 Å². The van der Waals surface area contributed by atoms with Crippen LogP contribution in [0.2, 0.25) is 0 Å². The molecule has 8 aromatic carbocycles. The van der Waals surface area contributed by atoms with Crippen LogP contribution in [0.1, 0.15) is 0 Å². The number of hydrogen-bond donors (Lipinski definition) is 0. The topological polar surface area (TPSA) is 35.6 Å². The normalized spacial score (nSPS) is 11.7. The molecule has 0 unspecified atom stereocenters. The Kier molecular flexibility index (Phi) is 6.82. The maximum Gasteiger partial charge on any atom is 0.161 e. The van der Waals surface area contributed by atoms with E-state index in [1.54, 1.807) is 0 Å². The van der Waals surface area contributed by atoms with Gasteiger partial charge in [-0.1, -0.05) is 146 Å². The molecule has 11 rings (SSSR count). The van der Waals surface area contributed by atoms with E-state index in [1.807, 2.05) is 12.1 Å². The molecule has 11 aromatic rings. The lowest BCUT2D eigenvalue weighted by Gasteiger charge is -2.15. The Morgan fingerprint density at radius 2 is 0.796 bits per heavy atom. The summed E-state index contributed by atoms with van der Waals surface area (Å²) in [7, 11) is 0. The molecule has 0 fully saturated rings. The Bertz CT molecular complexity index is 3140. The molecule has 4 nitrogen and oxygen atoms in total. The van der Waals surface area contributed by atoms with Gasteiger partial charge in [0, 0.05) is 49.3 Å². The summed E-state index contributed by atoms with van der Waals surface area (Å²) in [6, 6.07) is 69.0. The Hall–Kier alpha value is -7.30. The van der Waals surface area contributed by atoms with Gasteiger partial charge in [0.25, 0.3) is 0 Å². The zero-order valence-electron chi connectivity index (χ0n) is 29.3. The quantitative estimate of drug-likeness (QED) is 0.180. The van der Waals surface area contributed by atoms with E-state index in [4.69, 9.17) is 9.97 Å². The van der Waals surface area contributed by atoms with Crippen molar-refractivity contribution in [3.63, 3.8) is 0 Å². The lowest BCUT2D eigenvalue weighted by Crippen LogP contribution is -1.98. The molecule has 3 heterocycles. The Morgan fingerprint density at radius 3 is 1.43 bits per heavy atom. The fourth-order valence-corrected chi connectivity index (χ4v) is 8.31. The number of benzene rings is 8. The van der Waals surface area contributed by atoms with Crippen molar-refractivity contribution >= 4 is 54.4 Å². The van der Waals surface area contributed by atoms with Crippen LogP contribution in [0.25, 0.3) is 99.7 Å². The van der Waals surface area contributed by atoms with E-state index in [0.29, 0.717) is 5.82 Å². The summed E-state index contributed by atoms with van der Waals surface area (Å²) in [5.41, 5.74) is 11.9. The van der Waals surface area contributed by atoms with E-state index < -0.39 is 0 Å². The van der Waals surface area contributed by atoms with Crippen molar-refractivity contribution < 1.29 is 0 Å². The molecule has 0 aliphatic heterocycles. The summed E-state index contributed by atoms with van der Waals surface area (Å²) in [5.74, 6) is 0.704. The largest absolute Gasteiger partial charge is 0.309 e. The van der Waals surface area contributed by atoms with Crippen molar-refractivity contribution in [2.24, 2.45) is 0 Å². The number of hydrogen-bond acceptors (Lipinski definition) is 2. The second kappa shape index (κ2) is 12.1. The second-order valence-corrected chi connectivity index (χ2v) is 13.8. The predicted octanol–water partition coefficient (Wildman–Crippen LogP) is 12.8. The van der Waals surface area contributed by atoms with Gasteiger partial charge in [-0.05, 0) is 53.9 Å². The maximum atomic E-state index is 5.21. The monoisotopic (exact) mass is 688 g/mol. The molecule has 4 heteroatoms. The first kappa shape index (κ1) is 30.3. The average molecular weight is 689 g/mol. The molecular weight excluding hydrogens is 657 g/mol. The van der Waals surface area contributed by atoms with Crippen LogP contribution in [0.4, 0.5) is 0 Å². The molecule has 0 aliphatic rings. The van der Waals surface area contributed by atoms with Crippen LogP contribution in [-0.4, -0.2) is 19.1 Å². The lowest BCUT2D eigenvalue weighted by atomic mass is 10.0. The van der Waals surface area contributed by atoms with Crippen molar-refractivity contribution in [3.8, 4) is 45.3 Å². The van der Waals surface area contributed by atoms with Gasteiger partial charge in [-0.15, -0.1) is 0 Å². The summed E-state index contributed by atoms with van der Waals surface area (Å²) in [6.45, 7) is 0. The molecule has 0 atom stereocenters. The molecule has 0 saturated carbocycles. The Labute approximate surface area is 311 Å². The van der Waals surface area contributed by atoms with Gasteiger partial charge >= 0.3 is 0 Å². The summed E-state index contributed by atoms with van der Waals surface area (Å²) in [4.78, 5) is 10.4. The third kappa shape index (κ3) is 4.70. The SMILES string of the molecule is c1ccc(-c2cc(-c3ccccc3)nc(-c3cccc4c(-n5c6ccccc6c6cc7c(cc65)c5ccccc5n7-c5ccccc5)cccc34)n2)cc1. The average Bonchev–Trinajstić information content (AvgIpc) is 3.75. The molecule has 0 spiro atoms. The van der Waals surface area contributed by atoms with E-state index in [0.717, 1.165) is 50.2 Å². The first-order valence-corrected chi connectivity index (χ1v) is 18.3. The molecule has 0 amide bonds. The van der Waals surface area contributed by atoms with Crippen molar-refractivity contribution in [1.29, 1.82) is 0 Å². The smallest absolute Gasteiger partial charge is 0.161 e. The first-order chi connectivity index (χ1) is 26.8. The van der Waals surface area contributed by atoms with Gasteiger partial charge in [-0.2, -0.15) is 0 Å². The molecular formula is C50H32N4. The summed E-state index contributed by atoms with van der Waals surface area (Å²) in [6.07, 6.45) is 0. The van der Waals surface area contributed by atoms with Crippen molar-refractivity contribution in [2.45, 2.75) is 0 Å². The standard InChI is InChI=1S/C50H32N4/c1-4-16-33(17-5-1)43-32-44(34-18-6-2-7-19-34)52-50(51-43)40-26-14-25-37-36(40)24-15-29-47(37)54-46-28-13-11-23-39(46)42-30-48-41(31-49(42)54)38-22-10-12-27-45(38)53(48)35-20-8-3-9-21-35/h1-32H. The fourth-order valence-electron chi connectivity index (χ4n) is 8.31. The van der Waals surface area contributed by atoms with E-state index >= 15 is 0 Å². The molecule has 0 aliphatic carbocycles. The minimum atomic E-state index is 0.704. The maximum absolute atomic E-state index is 5.21. The van der Waals surface area contributed by atoms with Gasteiger partial charge in [0.1, 0.15) is 0 Å². The van der Waals surface area contributed by atoms with E-state index in [-0.39, 0.29) is 0 Å². The highest BCUT2D eigenvalue weighted by atomic mass is 15.0. The highest BCUT2D eigenvalue weighted by Crippen LogP contribution is 2.41. The minimum absolute atomic E-state index is 0.704. The molecule has 0 saturated heterocycles. The third-order valence-electron chi connectivity index (χ3n) is 10.7. The highest BCUT2D eigenvalue weighted by Gasteiger charge is 2.20. The Morgan fingerprint density at radius 1 is 0.315 bits per heavy atom. The van der Waals surface area contributed by atoms with Crippen LogP contribution < -0.4 is 0 Å². The number of rotatable bonds is 5. The van der Waals surface area contributed by atoms with E-state index in [9.17, 15) is 0 Å². The van der Waals surface area contributed by atoms with Gasteiger partial charge in [0.05, 0.1) is 39.1 Å². The second-order valence-electron chi connectivity index (χ2n) is 13.8. The van der Waals surface area contributed by atoms with Gasteiger partial charge < -0.3 is 9.13 Å². The van der Waals surface area contributed by atoms with E-state index in [1.165, 1.54) is 43.6 Å². The van der Waals surface area contributed by atoms with Crippen LogP contribution in [-0.2, 0) is 0 Å². The van der Waals surface area contributed by atoms with Gasteiger partial charge in [-0.3, -0.25) is 0 Å². The molecule has 252 valence electrons. The van der Waals surface area contributed by atoms with Crippen molar-refractivity contribution in [3.05, 3.63) is 194 Å². The van der Waals surface area contributed by atoms with Gasteiger partial charge in [0.2, 0.25) is 0 Å². The minimum Gasteiger partial charge on any atom is -0.309 e. The number of nitrogens with zero attached hydrogens (tertiary/aromatic N) is 4. The van der Waals surface area contributed by atoms with Crippen LogP contribution in [0.3, 0.4) is 0 Å². The fraction of sp³-hybridized carbons (Fsp3) is 0. The lowest BCUT2D eigenvalue weighted by molar-refractivity contribution is 1.18. The van der Waals surface area contributed by atoms with Gasteiger partial charge in [-0.25, -0.2) is 9.97 Å². The summed E-state index contributed by atoms with van der Waals surface area (Å²) < 4.78 is 4.84. The van der Waals surface area contributed by atoms with Crippen LogP contribution in [0.15, 0.2) is 194 Å². The van der Waals surface area contributed by atoms with Crippen molar-refractivity contribution in [2.75, 3.05) is 0 Å². The number of para-hydroxylation sites is 3. The molecule has 0 radical (unpaired) electrons. The molecule has 54 heavy (non-hydrogen) atoms. The predicted molar refractivity (Wildman–Crippen MR) is 225 cm³/mol. The van der Waals surface area contributed by atoms with E-state index in [2.05, 4.69) is 191 Å². The highest BCUT2D eigenvalue weighted by molar-refractivity contribution is 6.19. The third-order valence-corrected chi connectivity index (χ3v) is 10.7. The van der Waals surface area contributed by atoms with Gasteiger partial charge in [0.15, 0.2) is 5.82 Å². The number of aromatic nitrogens is 4. The molecule has 0 bridgehead atoms. The zero-order valence-corrected chi connectivity index (χ0v) is 29.3. The zero-order chi connectivity index (χ0) is 35.6. The summed E-state index contributed by atoms with van der Waals surface area (Å²) in [5, 5.41) is 7.15. The number of fused-ring (bicyclic) bond motifs is 7. The van der Waals surface area contributed by atoms with Crippen LogP contribution in [0.5, 0.6) is 0 Å². The first-order valence-electron chi connectivity index (χ1n) is 18.3. The van der Waals surface area contributed by atoms with Crippen molar-refractivity contribution in [1.82, 2.24) is 19.1 Å². The molecule has 3 aromatic heterocycles.